The Bertz CT molecular complexity index is 652. The fourth-order valence-electron chi connectivity index (χ4n) is 5.47. The molecule has 1 aromatic rings. The number of hydrogen-bond donors (Lipinski definition) is 1. The summed E-state index contributed by atoms with van der Waals surface area (Å²) in [5.74, 6) is 0. The molecular weight excluding hydrogens is 359 g/mol. The summed E-state index contributed by atoms with van der Waals surface area (Å²) in [6.07, 6.45) is 12.7. The molecule has 28 heavy (non-hydrogen) atoms. The Hall–Kier alpha value is -0.390. The molecule has 0 aliphatic heterocycles. The molecule has 158 valence electrons. The molecule has 2 fully saturated rings. The Labute approximate surface area is 175 Å². The molecule has 1 atom stereocenters. The van der Waals surface area contributed by atoms with E-state index in [0.29, 0.717) is 5.66 Å². The fourth-order valence-corrected chi connectivity index (χ4v) is 8.24. The highest BCUT2D eigenvalue weighted by molar-refractivity contribution is 7.53. The highest BCUT2D eigenvalue weighted by Crippen LogP contribution is 2.66. The van der Waals surface area contributed by atoms with E-state index in [1.54, 1.807) is 0 Å². The molecule has 1 unspecified atom stereocenters. The van der Waals surface area contributed by atoms with Gasteiger partial charge in [0.05, 0.1) is 0 Å². The van der Waals surface area contributed by atoms with Crippen LogP contribution in [-0.4, -0.2) is 10.6 Å². The normalized spacial score (nSPS) is 22.8. The Kier molecular flexibility index (Phi) is 6.68. The van der Waals surface area contributed by atoms with E-state index in [2.05, 4.69) is 59.7 Å². The Morgan fingerprint density at radius 2 is 1.39 bits per heavy atom. The van der Waals surface area contributed by atoms with Gasteiger partial charge in [-0.25, -0.2) is 0 Å². The van der Waals surface area contributed by atoms with Crippen LogP contribution in [0.3, 0.4) is 0 Å². The third-order valence-electron chi connectivity index (χ3n) is 7.23. The lowest BCUT2D eigenvalue weighted by atomic mass is 9.72. The minimum atomic E-state index is -0.979. The van der Waals surface area contributed by atoms with Crippen molar-refractivity contribution in [3.05, 3.63) is 34.9 Å². The predicted molar refractivity (Wildman–Crippen MR) is 125 cm³/mol. The summed E-state index contributed by atoms with van der Waals surface area (Å²) in [5.41, 5.74) is 5.21. The van der Waals surface area contributed by atoms with Gasteiger partial charge in [-0.15, -0.1) is 0 Å². The summed E-state index contributed by atoms with van der Waals surface area (Å²) >= 11 is 0. The zero-order chi connectivity index (χ0) is 20.6. The monoisotopic (exact) mass is 402 g/mol. The lowest BCUT2D eigenvalue weighted by Crippen LogP contribution is -2.34. The minimum absolute atomic E-state index is 0.0224. The zero-order valence-corrected chi connectivity index (χ0v) is 20.2. The first kappa shape index (κ1) is 22.3. The molecular formula is C26H43OP. The summed E-state index contributed by atoms with van der Waals surface area (Å²) in [7, 11) is -0.979. The molecule has 2 saturated carbocycles. The summed E-state index contributed by atoms with van der Waals surface area (Å²) < 4.78 is 0. The van der Waals surface area contributed by atoms with Crippen LogP contribution in [0.4, 0.5) is 0 Å². The average molecular weight is 403 g/mol. The van der Waals surface area contributed by atoms with Gasteiger partial charge in [-0.3, -0.25) is 0 Å². The third kappa shape index (κ3) is 4.52. The van der Waals surface area contributed by atoms with Crippen LogP contribution in [0.1, 0.15) is 122 Å². The lowest BCUT2D eigenvalue weighted by Gasteiger charge is -2.47. The maximum atomic E-state index is 11.9. The summed E-state index contributed by atoms with van der Waals surface area (Å²) in [6.45, 7) is 14.0. The van der Waals surface area contributed by atoms with Gasteiger partial charge in [-0.2, -0.15) is 0 Å². The molecule has 0 radical (unpaired) electrons. The molecule has 0 bridgehead atoms. The van der Waals surface area contributed by atoms with Crippen LogP contribution in [-0.2, 0) is 16.0 Å². The van der Waals surface area contributed by atoms with Gasteiger partial charge in [0, 0.05) is 19.0 Å². The quantitative estimate of drug-likeness (QED) is 0.506. The highest BCUT2D eigenvalue weighted by atomic mass is 31.1. The van der Waals surface area contributed by atoms with E-state index in [4.69, 9.17) is 0 Å². The number of benzene rings is 1. The van der Waals surface area contributed by atoms with Crippen molar-refractivity contribution in [3.8, 4) is 0 Å². The molecule has 0 amide bonds. The molecule has 0 heterocycles. The second-order valence-corrected chi connectivity index (χ2v) is 13.8. The van der Waals surface area contributed by atoms with Gasteiger partial charge >= 0.3 is 0 Å². The van der Waals surface area contributed by atoms with Crippen molar-refractivity contribution in [3.63, 3.8) is 0 Å². The van der Waals surface area contributed by atoms with E-state index in [-0.39, 0.29) is 16.0 Å². The van der Waals surface area contributed by atoms with Gasteiger partial charge in [-0.05, 0) is 53.2 Å². The smallest absolute Gasteiger partial charge is 0.0399 e. The van der Waals surface area contributed by atoms with Crippen LogP contribution in [0.5, 0.6) is 0 Å². The third-order valence-corrected chi connectivity index (χ3v) is 10.0. The van der Waals surface area contributed by atoms with Crippen LogP contribution >= 0.6 is 8.15 Å². The Balaban J connectivity index is 2.12. The van der Waals surface area contributed by atoms with Crippen LogP contribution < -0.4 is 0 Å². The molecule has 0 aromatic heterocycles. The van der Waals surface area contributed by atoms with Crippen molar-refractivity contribution < 1.29 is 4.89 Å². The molecule has 1 N–H and O–H groups in total. The summed E-state index contributed by atoms with van der Waals surface area (Å²) in [4.78, 5) is 11.9. The van der Waals surface area contributed by atoms with E-state index >= 15 is 0 Å². The number of hydrogen-bond acceptors (Lipinski definition) is 1. The largest absolute Gasteiger partial charge is 0.373 e. The van der Waals surface area contributed by atoms with E-state index < -0.39 is 8.15 Å². The average Bonchev–Trinajstić information content (AvgIpc) is 2.67. The van der Waals surface area contributed by atoms with Crippen LogP contribution in [0, 0.1) is 0 Å². The van der Waals surface area contributed by atoms with Gasteiger partial charge in [-0.1, -0.05) is 98.3 Å². The fraction of sp³-hybridized carbons (Fsp3) is 0.769. The van der Waals surface area contributed by atoms with E-state index in [1.165, 1.54) is 80.9 Å². The second kappa shape index (κ2) is 8.39. The van der Waals surface area contributed by atoms with Gasteiger partial charge in [0.1, 0.15) is 0 Å². The molecule has 2 heteroatoms. The van der Waals surface area contributed by atoms with Gasteiger partial charge in [0.2, 0.25) is 0 Å². The maximum Gasteiger partial charge on any atom is 0.0399 e. The predicted octanol–water partition coefficient (Wildman–Crippen LogP) is 8.16. The molecule has 0 spiro atoms. The van der Waals surface area contributed by atoms with Gasteiger partial charge < -0.3 is 4.89 Å². The topological polar surface area (TPSA) is 20.2 Å². The van der Waals surface area contributed by atoms with Crippen molar-refractivity contribution in [2.45, 2.75) is 127 Å². The van der Waals surface area contributed by atoms with Crippen LogP contribution in [0.15, 0.2) is 18.2 Å². The molecule has 1 nitrogen and oxygen atoms in total. The Morgan fingerprint density at radius 1 is 0.821 bits per heavy atom. The molecule has 1 aromatic carbocycles. The van der Waals surface area contributed by atoms with E-state index in [0.717, 1.165) is 0 Å². The van der Waals surface area contributed by atoms with Crippen molar-refractivity contribution in [1.29, 1.82) is 0 Å². The van der Waals surface area contributed by atoms with E-state index in [1.807, 2.05) is 0 Å². The second-order valence-electron chi connectivity index (χ2n) is 11.5. The first-order chi connectivity index (χ1) is 13.1. The first-order valence-corrected chi connectivity index (χ1v) is 13.1. The molecule has 2 aliphatic carbocycles. The Morgan fingerprint density at radius 3 is 1.93 bits per heavy atom. The SMILES string of the molecule is CC(C)(C)c1ccc(C2(P(O)C3CCCCC3)CCCCC2)c(C(C)(C)C)c1. The van der Waals surface area contributed by atoms with Crippen molar-refractivity contribution in [2.24, 2.45) is 0 Å². The van der Waals surface area contributed by atoms with Crippen molar-refractivity contribution in [2.75, 3.05) is 0 Å². The first-order valence-electron chi connectivity index (χ1n) is 11.7. The molecule has 2 aliphatic rings. The molecule has 0 saturated heterocycles. The lowest BCUT2D eigenvalue weighted by molar-refractivity contribution is 0.358. The van der Waals surface area contributed by atoms with E-state index in [9.17, 15) is 4.89 Å². The van der Waals surface area contributed by atoms with Gasteiger partial charge in [0.15, 0.2) is 0 Å². The van der Waals surface area contributed by atoms with Crippen molar-refractivity contribution >= 4 is 8.15 Å². The van der Waals surface area contributed by atoms with Crippen LogP contribution in [0.2, 0.25) is 0 Å². The zero-order valence-electron chi connectivity index (χ0n) is 19.3. The minimum Gasteiger partial charge on any atom is -0.373 e. The molecule has 3 rings (SSSR count). The summed E-state index contributed by atoms with van der Waals surface area (Å²) in [5, 5.41) is 0.0224. The van der Waals surface area contributed by atoms with Crippen LogP contribution in [0.25, 0.3) is 0 Å². The standard InChI is InChI=1S/C26H43OP/c1-24(2,3)20-15-16-22(23(19-20)25(4,5)6)26(17-11-8-12-18-26)28(27)21-13-9-7-10-14-21/h15-16,19,21,27H,7-14,17-18H2,1-6H3. The highest BCUT2D eigenvalue weighted by Gasteiger charge is 2.46. The summed E-state index contributed by atoms with van der Waals surface area (Å²) in [6, 6.07) is 7.28. The maximum absolute atomic E-state index is 11.9. The van der Waals surface area contributed by atoms with Crippen molar-refractivity contribution in [1.82, 2.24) is 0 Å². The van der Waals surface area contributed by atoms with Gasteiger partial charge in [0.25, 0.3) is 0 Å². The number of rotatable bonds is 3.